The molecule has 0 aliphatic carbocycles. The lowest BCUT2D eigenvalue weighted by Crippen LogP contribution is -2.41. The van der Waals surface area contributed by atoms with E-state index in [1.807, 2.05) is 36.4 Å². The smallest absolute Gasteiger partial charge is 0.335 e. The molecule has 440 valence electrons. The van der Waals surface area contributed by atoms with Crippen LogP contribution in [0.2, 0.25) is 0 Å². The second-order valence-electron chi connectivity index (χ2n) is 22.3. The zero-order valence-corrected chi connectivity index (χ0v) is 48.7. The summed E-state index contributed by atoms with van der Waals surface area (Å²) in [5.41, 5.74) is 12.2. The molecule has 4 aliphatic heterocycles. The molecule has 1 amide bonds. The summed E-state index contributed by atoms with van der Waals surface area (Å²) in [6.45, 7) is 18.3. The lowest BCUT2D eigenvalue weighted by atomic mass is 10.0. The molecular weight excluding hydrogens is 1040 g/mol. The van der Waals surface area contributed by atoms with Gasteiger partial charge in [-0.1, -0.05) is 96.8 Å². The third-order valence-electron chi connectivity index (χ3n) is 15.8. The fourth-order valence-electron chi connectivity index (χ4n) is 11.3. The highest BCUT2D eigenvalue weighted by atomic mass is 16.4. The van der Waals surface area contributed by atoms with E-state index in [-0.39, 0.29) is 34.7 Å². The lowest BCUT2D eigenvalue weighted by molar-refractivity contribution is 0.0696. The van der Waals surface area contributed by atoms with Crippen molar-refractivity contribution in [1.29, 1.82) is 0 Å². The number of carbonyl (C=O) groups is 2. The van der Waals surface area contributed by atoms with E-state index in [0.29, 0.717) is 35.1 Å². The van der Waals surface area contributed by atoms with Crippen LogP contribution in [0.15, 0.2) is 155 Å². The van der Waals surface area contributed by atoms with Crippen molar-refractivity contribution in [2.75, 3.05) is 102 Å². The molecule has 83 heavy (non-hydrogen) atoms. The molecule has 0 radical (unpaired) electrons. The normalized spacial score (nSPS) is 17.1. The molecule has 6 heterocycles. The zero-order chi connectivity index (χ0) is 58.2. The predicted molar refractivity (Wildman–Crippen MR) is 335 cm³/mol. The molecule has 2 aromatic heterocycles. The highest BCUT2D eigenvalue weighted by Gasteiger charge is 2.23. The Kier molecular flexibility index (Phi) is 24.0. The van der Waals surface area contributed by atoms with Crippen LogP contribution in [0.1, 0.15) is 110 Å². The van der Waals surface area contributed by atoms with Crippen molar-refractivity contribution < 1.29 is 14.7 Å². The van der Waals surface area contributed by atoms with Crippen LogP contribution in [-0.2, 0) is 0 Å². The molecule has 0 atom stereocenters. The summed E-state index contributed by atoms with van der Waals surface area (Å²) >= 11 is 0. The van der Waals surface area contributed by atoms with Crippen LogP contribution in [0.4, 0.5) is 11.6 Å². The molecule has 17 nitrogen and oxygen atoms in total. The second kappa shape index (κ2) is 32.3. The van der Waals surface area contributed by atoms with Gasteiger partial charge < -0.3 is 36.6 Å². The molecule has 10 rings (SSSR count). The Morgan fingerprint density at radius 2 is 0.952 bits per heavy atom. The van der Waals surface area contributed by atoms with Crippen LogP contribution in [0.5, 0.6) is 0 Å². The molecule has 4 aliphatic rings. The van der Waals surface area contributed by atoms with Crippen molar-refractivity contribution in [3.8, 4) is 11.4 Å². The Balaban J connectivity index is 0.000000191. The average Bonchev–Trinajstić information content (AvgIpc) is 3.60. The van der Waals surface area contributed by atoms with E-state index < -0.39 is 5.97 Å². The molecule has 0 unspecified atom stereocenters. The third-order valence-corrected chi connectivity index (χ3v) is 15.8. The number of amides is 1. The number of nitrogens with one attached hydrogen (secondary N) is 3. The van der Waals surface area contributed by atoms with Gasteiger partial charge in [-0.3, -0.25) is 33.3 Å². The maximum absolute atomic E-state index is 13.3. The minimum Gasteiger partial charge on any atom is -0.478 e. The van der Waals surface area contributed by atoms with Gasteiger partial charge in [0, 0.05) is 119 Å². The van der Waals surface area contributed by atoms with E-state index in [1.54, 1.807) is 53.6 Å². The Morgan fingerprint density at radius 1 is 0.542 bits per heavy atom. The van der Waals surface area contributed by atoms with Gasteiger partial charge in [0.05, 0.1) is 5.56 Å². The van der Waals surface area contributed by atoms with Gasteiger partial charge in [0.15, 0.2) is 11.6 Å². The summed E-state index contributed by atoms with van der Waals surface area (Å²) in [6.07, 6.45) is 22.7. The summed E-state index contributed by atoms with van der Waals surface area (Å²) in [5, 5.41) is 18.8. The van der Waals surface area contributed by atoms with Gasteiger partial charge in [0.2, 0.25) is 0 Å². The van der Waals surface area contributed by atoms with Crippen LogP contribution in [0.3, 0.4) is 0 Å². The first-order chi connectivity index (χ1) is 40.5. The van der Waals surface area contributed by atoms with Crippen molar-refractivity contribution in [3.05, 3.63) is 188 Å². The van der Waals surface area contributed by atoms with Crippen molar-refractivity contribution in [3.63, 3.8) is 0 Å². The van der Waals surface area contributed by atoms with Gasteiger partial charge in [0.25, 0.3) is 17.0 Å². The predicted octanol–water partition coefficient (Wildman–Crippen LogP) is 8.77. The number of carboxylic acid groups (broad SMARTS) is 1. The number of likely N-dealkylation sites (tertiary alicyclic amines) is 4. The number of benzene rings is 4. The standard InChI is InChI=1S/C33H42N6O2.C26H28N4O3.C7H16N2/c1-26(24-27-8-4-2-5-9-27)25-38-20-14-29(15-21-38)36-31-33(41)39(23-17-34-31)30-12-10-28(11-13-30)32(40)35-16-22-37-18-6-3-7-19-37;1-19(17-20-5-3-2-4-6-20)18-29-14-11-22(12-15-29)28-24-25(31)30(16-13-27-24)23-9-7-21(8-10-23)26(32)33;8-4-7-9-5-2-1-3-6-9/h2,4-5,8-13,17,23-24,29H,3,6-7,14-16,18-22,25H2,1H3,(H,34,36)(H,35,40);2-10,13,16-17,22H,11-12,14-15,18H2,1H3,(H,27,28)(H,32,33);1-8H2/b26-24+;19-17+;. The SMILES string of the molecule is C/C(=C\c1ccccc1)CN1CCC(Nc2nccn(-c3ccc(C(=O)NCCN4CCCCC4)cc3)c2=O)CC1.C/C(=C\c1ccccc1)CN1CCC(Nc2nccn(-c3ccc(C(=O)O)cc3)c2=O)CC1.NCCN1CCCCC1. The van der Waals surface area contributed by atoms with Gasteiger partial charge >= 0.3 is 5.97 Å². The number of carbonyl (C=O) groups excluding carboxylic acids is 1. The molecular formula is C66H86N12O5. The number of anilines is 2. The van der Waals surface area contributed by atoms with Crippen molar-refractivity contribution >= 4 is 35.7 Å². The number of nitrogens with two attached hydrogens (primary N) is 1. The Morgan fingerprint density at radius 3 is 1.36 bits per heavy atom. The van der Waals surface area contributed by atoms with Crippen LogP contribution >= 0.6 is 0 Å². The number of nitrogens with zero attached hydrogens (tertiary/aromatic N) is 8. The largest absolute Gasteiger partial charge is 0.478 e. The monoisotopic (exact) mass is 1130 g/mol. The van der Waals surface area contributed by atoms with Crippen molar-refractivity contribution in [2.24, 2.45) is 5.73 Å². The average molecular weight is 1130 g/mol. The van der Waals surface area contributed by atoms with Gasteiger partial charge in [-0.2, -0.15) is 0 Å². The Hall–Kier alpha value is -7.54. The van der Waals surface area contributed by atoms with Gasteiger partial charge in [0.1, 0.15) is 0 Å². The summed E-state index contributed by atoms with van der Waals surface area (Å²) < 4.78 is 3.06. The molecule has 4 aromatic carbocycles. The number of aromatic carboxylic acids is 1. The van der Waals surface area contributed by atoms with E-state index in [2.05, 4.69) is 108 Å². The fraction of sp³-hybridized carbons (Fsp3) is 0.424. The maximum atomic E-state index is 13.3. The summed E-state index contributed by atoms with van der Waals surface area (Å²) in [6, 6.07) is 34.5. The van der Waals surface area contributed by atoms with Gasteiger partial charge in [-0.15, -0.1) is 0 Å². The molecule has 17 heteroatoms. The highest BCUT2D eigenvalue weighted by Crippen LogP contribution is 2.20. The maximum Gasteiger partial charge on any atom is 0.335 e. The Labute approximate surface area is 490 Å². The molecule has 0 saturated carbocycles. The van der Waals surface area contributed by atoms with E-state index in [0.717, 1.165) is 97.7 Å². The Bertz CT molecular complexity index is 3120. The number of rotatable bonds is 19. The molecule has 0 bridgehead atoms. The quantitative estimate of drug-likeness (QED) is 0.0516. The summed E-state index contributed by atoms with van der Waals surface area (Å²) in [5.74, 6) is -0.401. The number of hydrogen-bond acceptors (Lipinski definition) is 13. The number of aromatic nitrogens is 4. The first kappa shape index (κ1) is 61.5. The zero-order valence-electron chi connectivity index (χ0n) is 48.7. The molecule has 0 spiro atoms. The van der Waals surface area contributed by atoms with Gasteiger partial charge in [-0.25, -0.2) is 14.8 Å². The van der Waals surface area contributed by atoms with Crippen molar-refractivity contribution in [1.82, 2.24) is 44.0 Å². The van der Waals surface area contributed by atoms with Crippen LogP contribution in [-0.4, -0.2) is 159 Å². The minimum absolute atomic E-state index is 0.0879. The van der Waals surface area contributed by atoms with Crippen LogP contribution in [0, 0.1) is 0 Å². The number of hydrogen-bond donors (Lipinski definition) is 5. The lowest BCUT2D eigenvalue weighted by Gasteiger charge is -2.32. The number of piperidine rings is 4. The molecule has 6 N–H and O–H groups in total. The van der Waals surface area contributed by atoms with Crippen LogP contribution < -0.4 is 32.8 Å². The second-order valence-corrected chi connectivity index (χ2v) is 22.3. The highest BCUT2D eigenvalue weighted by molar-refractivity contribution is 5.94. The van der Waals surface area contributed by atoms with Crippen molar-refractivity contribution in [2.45, 2.75) is 90.1 Å². The minimum atomic E-state index is -0.997. The van der Waals surface area contributed by atoms with E-state index in [1.165, 1.54) is 90.6 Å². The third kappa shape index (κ3) is 19.5. The fourth-order valence-corrected chi connectivity index (χ4v) is 11.3. The first-order valence-electron chi connectivity index (χ1n) is 29.9. The van der Waals surface area contributed by atoms with Crippen LogP contribution in [0.25, 0.3) is 23.5 Å². The topological polar surface area (TPSA) is 199 Å². The van der Waals surface area contributed by atoms with Gasteiger partial charge in [-0.05, 0) is 151 Å². The molecule has 4 saturated heterocycles. The molecule has 6 aromatic rings. The molecule has 4 fully saturated rings. The van der Waals surface area contributed by atoms with E-state index in [9.17, 15) is 19.2 Å². The van der Waals surface area contributed by atoms with E-state index in [4.69, 9.17) is 10.8 Å². The van der Waals surface area contributed by atoms with E-state index >= 15 is 0 Å². The summed E-state index contributed by atoms with van der Waals surface area (Å²) in [7, 11) is 0. The first-order valence-corrected chi connectivity index (χ1v) is 29.9. The number of carboxylic acids is 1. The summed E-state index contributed by atoms with van der Waals surface area (Å²) in [4.78, 5) is 68.3.